The number of nitrogens with one attached hydrogen (secondary N) is 3. The van der Waals surface area contributed by atoms with Crippen molar-refractivity contribution in [3.05, 3.63) is 120 Å². The molecule has 0 saturated heterocycles. The van der Waals surface area contributed by atoms with Crippen LogP contribution in [0.15, 0.2) is 103 Å². The number of carbonyl (C=O) groups excluding carboxylic acids is 1. The van der Waals surface area contributed by atoms with Gasteiger partial charge in [-0.1, -0.05) is 48.6 Å². The summed E-state index contributed by atoms with van der Waals surface area (Å²) in [6, 6.07) is 29.8. The van der Waals surface area contributed by atoms with Gasteiger partial charge in [-0.25, -0.2) is 0 Å². The largest absolute Gasteiger partial charge is 0.493 e. The van der Waals surface area contributed by atoms with Gasteiger partial charge in [0.1, 0.15) is 0 Å². The van der Waals surface area contributed by atoms with Crippen molar-refractivity contribution < 1.29 is 14.3 Å². The molecular formula is C33H31N3O3. The number of anilines is 4. The molecule has 1 aliphatic heterocycles. The number of para-hydroxylation sites is 2. The third kappa shape index (κ3) is 4.81. The fourth-order valence-corrected chi connectivity index (χ4v) is 5.71. The van der Waals surface area contributed by atoms with Crippen LogP contribution >= 0.6 is 0 Å². The fourth-order valence-electron chi connectivity index (χ4n) is 5.71. The zero-order chi connectivity index (χ0) is 26.8. The molecule has 3 unspecified atom stereocenters. The first-order valence-electron chi connectivity index (χ1n) is 13.2. The van der Waals surface area contributed by atoms with Crippen molar-refractivity contribution in [1.29, 1.82) is 0 Å². The Morgan fingerprint density at radius 3 is 2.33 bits per heavy atom. The molecule has 196 valence electrons. The molecule has 0 bridgehead atoms. The Morgan fingerprint density at radius 1 is 0.821 bits per heavy atom. The van der Waals surface area contributed by atoms with Gasteiger partial charge in [0.15, 0.2) is 11.5 Å². The highest BCUT2D eigenvalue weighted by Gasteiger charge is 2.39. The van der Waals surface area contributed by atoms with E-state index in [-0.39, 0.29) is 17.9 Å². The first-order valence-corrected chi connectivity index (χ1v) is 13.2. The number of methoxy groups -OCH3 is 2. The van der Waals surface area contributed by atoms with Crippen LogP contribution in [-0.4, -0.2) is 20.1 Å². The van der Waals surface area contributed by atoms with Crippen molar-refractivity contribution in [2.45, 2.75) is 18.4 Å². The summed E-state index contributed by atoms with van der Waals surface area (Å²) in [5.41, 5.74) is 6.47. The van der Waals surface area contributed by atoms with Crippen molar-refractivity contribution in [1.82, 2.24) is 0 Å². The monoisotopic (exact) mass is 517 g/mol. The molecule has 0 fully saturated rings. The van der Waals surface area contributed by atoms with Gasteiger partial charge in [-0.05, 0) is 78.1 Å². The first-order chi connectivity index (χ1) is 19.1. The molecule has 1 heterocycles. The van der Waals surface area contributed by atoms with E-state index in [2.05, 4.69) is 40.2 Å². The van der Waals surface area contributed by atoms with Crippen molar-refractivity contribution in [3.8, 4) is 11.5 Å². The molecule has 1 amide bonds. The number of allylic oxidation sites excluding steroid dienone is 2. The van der Waals surface area contributed by atoms with E-state index in [9.17, 15) is 4.79 Å². The summed E-state index contributed by atoms with van der Waals surface area (Å²) in [6.07, 6.45) is 5.49. The van der Waals surface area contributed by atoms with Crippen LogP contribution in [0, 0.1) is 5.92 Å². The molecule has 0 spiro atoms. The van der Waals surface area contributed by atoms with Crippen molar-refractivity contribution in [3.63, 3.8) is 0 Å². The first kappa shape index (κ1) is 24.6. The highest BCUT2D eigenvalue weighted by molar-refractivity contribution is 6.08. The quantitative estimate of drug-likeness (QED) is 0.221. The highest BCUT2D eigenvalue weighted by atomic mass is 16.5. The van der Waals surface area contributed by atoms with Gasteiger partial charge < -0.3 is 25.4 Å². The van der Waals surface area contributed by atoms with Crippen LogP contribution in [0.25, 0.3) is 0 Å². The van der Waals surface area contributed by atoms with Crippen molar-refractivity contribution >= 4 is 28.7 Å². The summed E-state index contributed by atoms with van der Waals surface area (Å²) in [5, 5.41) is 10.2. The number of fused-ring (bicyclic) bond motifs is 3. The molecular weight excluding hydrogens is 486 g/mol. The van der Waals surface area contributed by atoms with E-state index in [0.29, 0.717) is 23.0 Å². The van der Waals surface area contributed by atoms with E-state index in [1.807, 2.05) is 78.9 Å². The molecule has 0 aromatic heterocycles. The molecule has 6 rings (SSSR count). The van der Waals surface area contributed by atoms with Crippen LogP contribution in [0.1, 0.15) is 39.9 Å². The maximum Gasteiger partial charge on any atom is 0.257 e. The van der Waals surface area contributed by atoms with Gasteiger partial charge in [0.05, 0.1) is 31.5 Å². The normalized spacial score (nSPS) is 18.9. The van der Waals surface area contributed by atoms with Crippen LogP contribution in [-0.2, 0) is 0 Å². The lowest BCUT2D eigenvalue weighted by Gasteiger charge is -2.38. The van der Waals surface area contributed by atoms with Crippen molar-refractivity contribution in [2.75, 3.05) is 30.2 Å². The van der Waals surface area contributed by atoms with Crippen LogP contribution < -0.4 is 25.4 Å². The van der Waals surface area contributed by atoms with E-state index in [0.717, 1.165) is 40.3 Å². The van der Waals surface area contributed by atoms with Crippen molar-refractivity contribution in [2.24, 2.45) is 5.92 Å². The minimum absolute atomic E-state index is 0.0228. The Bertz CT molecular complexity index is 1520. The molecule has 6 heteroatoms. The van der Waals surface area contributed by atoms with Gasteiger partial charge in [0, 0.05) is 23.0 Å². The second-order valence-electron chi connectivity index (χ2n) is 9.88. The summed E-state index contributed by atoms with van der Waals surface area (Å²) in [6.45, 7) is 0. The van der Waals surface area contributed by atoms with Gasteiger partial charge in [-0.3, -0.25) is 4.79 Å². The number of amides is 1. The van der Waals surface area contributed by atoms with Crippen LogP contribution in [0.3, 0.4) is 0 Å². The lowest BCUT2D eigenvalue weighted by atomic mass is 9.76. The average molecular weight is 518 g/mol. The Hall–Kier alpha value is -4.71. The predicted octanol–water partition coefficient (Wildman–Crippen LogP) is 7.53. The molecule has 2 aliphatic rings. The van der Waals surface area contributed by atoms with Crippen LogP contribution in [0.5, 0.6) is 11.5 Å². The number of carbonyl (C=O) groups is 1. The highest BCUT2D eigenvalue weighted by Crippen LogP contribution is 2.51. The molecule has 3 atom stereocenters. The third-order valence-electron chi connectivity index (χ3n) is 7.61. The van der Waals surface area contributed by atoms with Crippen LogP contribution in [0.4, 0.5) is 22.7 Å². The lowest BCUT2D eigenvalue weighted by molar-refractivity contribution is 0.102. The average Bonchev–Trinajstić information content (AvgIpc) is 3.48. The minimum atomic E-state index is -0.144. The topological polar surface area (TPSA) is 71.6 Å². The molecule has 3 N–H and O–H groups in total. The van der Waals surface area contributed by atoms with Gasteiger partial charge in [-0.2, -0.15) is 0 Å². The number of ether oxygens (including phenoxy) is 2. The zero-order valence-corrected chi connectivity index (χ0v) is 22.0. The predicted molar refractivity (Wildman–Crippen MR) is 156 cm³/mol. The summed E-state index contributed by atoms with van der Waals surface area (Å²) in [4.78, 5) is 13.6. The Labute approximate surface area is 228 Å². The molecule has 0 radical (unpaired) electrons. The zero-order valence-electron chi connectivity index (χ0n) is 22.0. The number of hydrogen-bond donors (Lipinski definition) is 3. The van der Waals surface area contributed by atoms with Gasteiger partial charge >= 0.3 is 0 Å². The summed E-state index contributed by atoms with van der Waals surface area (Å²) in [5.74, 6) is 1.83. The van der Waals surface area contributed by atoms with E-state index in [1.165, 1.54) is 0 Å². The molecule has 4 aromatic carbocycles. The number of hydrogen-bond acceptors (Lipinski definition) is 5. The lowest BCUT2D eigenvalue weighted by Crippen LogP contribution is -2.31. The molecule has 1 aliphatic carbocycles. The standard InChI is InChI=1S/C33H31N3O3/c1-38-29-19-14-21(20-30(29)39-2)31-26-11-6-10-25(26)27-12-7-13-28(32(27)36-31)33(37)35-24-17-15-23(16-18-24)34-22-8-4-3-5-9-22/h3-10,12-20,25-26,31,34,36H,11H2,1-2H3,(H,35,37). The molecule has 0 saturated carbocycles. The van der Waals surface area contributed by atoms with E-state index < -0.39 is 0 Å². The summed E-state index contributed by atoms with van der Waals surface area (Å²) >= 11 is 0. The second-order valence-corrected chi connectivity index (χ2v) is 9.88. The Morgan fingerprint density at radius 2 is 1.56 bits per heavy atom. The number of benzene rings is 4. The maximum absolute atomic E-state index is 13.6. The van der Waals surface area contributed by atoms with Crippen LogP contribution in [0.2, 0.25) is 0 Å². The minimum Gasteiger partial charge on any atom is -0.493 e. The smallest absolute Gasteiger partial charge is 0.257 e. The van der Waals surface area contributed by atoms with E-state index >= 15 is 0 Å². The Kier molecular flexibility index (Phi) is 6.68. The summed E-state index contributed by atoms with van der Waals surface area (Å²) in [7, 11) is 3.29. The maximum atomic E-state index is 13.6. The number of rotatable bonds is 7. The fraction of sp³-hybridized carbons (Fsp3) is 0.182. The van der Waals surface area contributed by atoms with Gasteiger partial charge in [-0.15, -0.1) is 0 Å². The van der Waals surface area contributed by atoms with Gasteiger partial charge in [0.2, 0.25) is 0 Å². The summed E-state index contributed by atoms with van der Waals surface area (Å²) < 4.78 is 11.0. The second kappa shape index (κ2) is 10.6. The van der Waals surface area contributed by atoms with E-state index in [1.54, 1.807) is 14.2 Å². The molecule has 6 nitrogen and oxygen atoms in total. The SMILES string of the molecule is COc1ccc(C2Nc3c(C(=O)Nc4ccc(Nc5ccccc5)cc4)cccc3C3C=CCC32)cc1OC. The van der Waals surface area contributed by atoms with Gasteiger partial charge in [0.25, 0.3) is 5.91 Å². The van der Waals surface area contributed by atoms with E-state index in [4.69, 9.17) is 9.47 Å². The third-order valence-corrected chi connectivity index (χ3v) is 7.61. The molecule has 39 heavy (non-hydrogen) atoms. The molecule has 4 aromatic rings. The Balaban J connectivity index is 1.26.